The fraction of sp³-hybridized carbons (Fsp3) is 0.162. The summed E-state index contributed by atoms with van der Waals surface area (Å²) in [5.41, 5.74) is 4.64. The molecule has 1 aromatic heterocycles. The Kier molecular flexibility index (Phi) is 7.65. The highest BCUT2D eigenvalue weighted by molar-refractivity contribution is 6.44. The van der Waals surface area contributed by atoms with Gasteiger partial charge in [0.1, 0.15) is 5.72 Å². The van der Waals surface area contributed by atoms with E-state index in [1.165, 1.54) is 18.3 Å². The number of aromatic nitrogens is 3. The van der Waals surface area contributed by atoms with Crippen LogP contribution in [-0.2, 0) is 4.65 Å². The Morgan fingerprint density at radius 1 is 0.558 bits per heavy atom. The normalized spacial score (nSPS) is 11.9. The molecule has 0 spiro atoms. The summed E-state index contributed by atoms with van der Waals surface area (Å²) >= 11 is 0. The van der Waals surface area contributed by atoms with Gasteiger partial charge in [-0.3, -0.25) is 0 Å². The van der Waals surface area contributed by atoms with E-state index < -0.39 is 11.2 Å². The highest BCUT2D eigenvalue weighted by Crippen LogP contribution is 2.31. The molecule has 6 heteroatoms. The van der Waals surface area contributed by atoms with Gasteiger partial charge in [0.15, 0.2) is 11.6 Å². The Hall–Kier alpha value is -4.65. The SMILES string of the molecule is CC(C)(O)C(C)(C)O[B]c1nc(-c2ccc(-c3ccccc3)cc2)nc(-c2cccc(-c3cccc4ccccc34)c2)n1. The summed E-state index contributed by atoms with van der Waals surface area (Å²) in [5.74, 6) is 1.08. The molecular formula is C37H33BN3O2. The smallest absolute Gasteiger partial charge is 0.379 e. The fourth-order valence-corrected chi connectivity index (χ4v) is 4.79. The molecule has 1 N–H and O–H groups in total. The molecule has 6 rings (SSSR count). The number of hydrogen-bond acceptors (Lipinski definition) is 5. The van der Waals surface area contributed by atoms with E-state index >= 15 is 0 Å². The van der Waals surface area contributed by atoms with Gasteiger partial charge in [-0.25, -0.2) is 15.0 Å². The van der Waals surface area contributed by atoms with E-state index in [1.54, 1.807) is 13.8 Å². The summed E-state index contributed by atoms with van der Waals surface area (Å²) in [5, 5.41) is 13.0. The zero-order chi connectivity index (χ0) is 30.0. The summed E-state index contributed by atoms with van der Waals surface area (Å²) in [6, 6.07) is 41.5. The van der Waals surface area contributed by atoms with Crippen molar-refractivity contribution in [3.8, 4) is 45.0 Å². The minimum Gasteiger partial charge on any atom is -0.424 e. The molecule has 43 heavy (non-hydrogen) atoms. The molecule has 0 bridgehead atoms. The maximum atomic E-state index is 10.6. The molecule has 1 heterocycles. The largest absolute Gasteiger partial charge is 0.424 e. The van der Waals surface area contributed by atoms with E-state index in [0.29, 0.717) is 17.4 Å². The van der Waals surface area contributed by atoms with Gasteiger partial charge >= 0.3 is 7.48 Å². The third-order valence-electron chi connectivity index (χ3n) is 8.06. The van der Waals surface area contributed by atoms with Crippen molar-refractivity contribution in [3.63, 3.8) is 0 Å². The molecule has 0 aliphatic heterocycles. The van der Waals surface area contributed by atoms with Crippen molar-refractivity contribution in [2.75, 3.05) is 0 Å². The van der Waals surface area contributed by atoms with Gasteiger partial charge in [-0.2, -0.15) is 0 Å². The molecule has 0 unspecified atom stereocenters. The van der Waals surface area contributed by atoms with Crippen LogP contribution < -0.4 is 5.72 Å². The third kappa shape index (κ3) is 6.12. The molecule has 0 aliphatic rings. The maximum absolute atomic E-state index is 10.6. The third-order valence-corrected chi connectivity index (χ3v) is 8.06. The molecule has 5 aromatic carbocycles. The number of benzene rings is 5. The van der Waals surface area contributed by atoms with Crippen molar-refractivity contribution in [1.82, 2.24) is 15.0 Å². The Bertz CT molecular complexity index is 1880. The lowest BCUT2D eigenvalue weighted by Crippen LogP contribution is -2.49. The second-order valence-corrected chi connectivity index (χ2v) is 11.7. The van der Waals surface area contributed by atoms with E-state index in [1.807, 2.05) is 56.3 Å². The van der Waals surface area contributed by atoms with E-state index in [-0.39, 0.29) is 0 Å². The van der Waals surface area contributed by atoms with Crippen molar-refractivity contribution in [1.29, 1.82) is 0 Å². The first-order valence-corrected chi connectivity index (χ1v) is 14.4. The second kappa shape index (κ2) is 11.6. The Labute approximate surface area is 253 Å². The lowest BCUT2D eigenvalue weighted by molar-refractivity contribution is -0.0894. The van der Waals surface area contributed by atoms with Crippen LogP contribution in [0.1, 0.15) is 27.7 Å². The molecule has 0 saturated carbocycles. The molecule has 0 aliphatic carbocycles. The van der Waals surface area contributed by atoms with Gasteiger partial charge in [-0.1, -0.05) is 115 Å². The van der Waals surface area contributed by atoms with Crippen LogP contribution in [0, 0.1) is 0 Å². The average Bonchev–Trinajstić information content (AvgIpc) is 3.03. The Balaban J connectivity index is 1.41. The minimum atomic E-state index is -1.08. The van der Waals surface area contributed by atoms with E-state index in [2.05, 4.69) is 78.9 Å². The highest BCUT2D eigenvalue weighted by atomic mass is 16.5. The monoisotopic (exact) mass is 562 g/mol. The van der Waals surface area contributed by atoms with Gasteiger partial charge < -0.3 is 9.76 Å². The topological polar surface area (TPSA) is 68.1 Å². The molecular weight excluding hydrogens is 529 g/mol. The molecule has 0 atom stereocenters. The fourth-order valence-electron chi connectivity index (χ4n) is 4.79. The number of fused-ring (bicyclic) bond motifs is 1. The van der Waals surface area contributed by atoms with Crippen LogP contribution in [0.3, 0.4) is 0 Å². The predicted octanol–water partition coefficient (Wildman–Crippen LogP) is 7.50. The summed E-state index contributed by atoms with van der Waals surface area (Å²) in [6.45, 7) is 7.11. The lowest BCUT2D eigenvalue weighted by atomic mass is 9.86. The van der Waals surface area contributed by atoms with E-state index in [0.717, 1.165) is 33.4 Å². The molecule has 211 valence electrons. The molecule has 0 fully saturated rings. The molecule has 1 radical (unpaired) electrons. The van der Waals surface area contributed by atoms with Crippen LogP contribution in [-0.4, -0.2) is 38.7 Å². The quantitative estimate of drug-likeness (QED) is 0.195. The van der Waals surface area contributed by atoms with Gasteiger partial charge in [-0.15, -0.1) is 0 Å². The van der Waals surface area contributed by atoms with Gasteiger partial charge in [-0.05, 0) is 66.8 Å². The highest BCUT2D eigenvalue weighted by Gasteiger charge is 2.36. The Morgan fingerprint density at radius 3 is 1.86 bits per heavy atom. The van der Waals surface area contributed by atoms with Crippen molar-refractivity contribution >= 4 is 24.0 Å². The van der Waals surface area contributed by atoms with Crippen molar-refractivity contribution in [2.24, 2.45) is 0 Å². The number of nitrogens with zero attached hydrogens (tertiary/aromatic N) is 3. The van der Waals surface area contributed by atoms with Gasteiger partial charge in [0.2, 0.25) is 0 Å². The first-order valence-electron chi connectivity index (χ1n) is 14.4. The molecule has 0 amide bonds. The zero-order valence-electron chi connectivity index (χ0n) is 24.8. The molecule has 5 nitrogen and oxygen atoms in total. The average molecular weight is 563 g/mol. The number of aliphatic hydroxyl groups is 1. The summed E-state index contributed by atoms with van der Waals surface area (Å²) in [6.07, 6.45) is 0. The number of hydrogen-bond donors (Lipinski definition) is 1. The van der Waals surface area contributed by atoms with Crippen LogP contribution in [0.5, 0.6) is 0 Å². The maximum Gasteiger partial charge on any atom is 0.379 e. The molecule has 0 saturated heterocycles. The van der Waals surface area contributed by atoms with Crippen LogP contribution in [0.15, 0.2) is 121 Å². The molecule has 6 aromatic rings. The standard InChI is InChI=1S/C37H33BN3O2/c1-36(2,42)37(3,4)43-38-35-40-33(28-22-20-26(21-23-28)25-12-6-5-7-13-25)39-34(41-35)30-17-10-16-29(24-30)32-19-11-15-27-14-8-9-18-31(27)32/h5-24,42H,1-4H3. The zero-order valence-corrected chi connectivity index (χ0v) is 24.8. The number of rotatable bonds is 8. The Morgan fingerprint density at radius 2 is 1.12 bits per heavy atom. The van der Waals surface area contributed by atoms with Crippen molar-refractivity contribution in [2.45, 2.75) is 38.9 Å². The lowest BCUT2D eigenvalue weighted by Gasteiger charge is -2.37. The van der Waals surface area contributed by atoms with Crippen molar-refractivity contribution in [3.05, 3.63) is 121 Å². The first kappa shape index (κ1) is 28.5. The van der Waals surface area contributed by atoms with Gasteiger partial charge in [0.05, 0.1) is 11.2 Å². The second-order valence-electron chi connectivity index (χ2n) is 11.7. The summed E-state index contributed by atoms with van der Waals surface area (Å²) < 4.78 is 6.05. The van der Waals surface area contributed by atoms with E-state index in [4.69, 9.17) is 19.6 Å². The van der Waals surface area contributed by atoms with Crippen molar-refractivity contribution < 1.29 is 9.76 Å². The van der Waals surface area contributed by atoms with Crippen LogP contribution in [0.25, 0.3) is 55.8 Å². The summed E-state index contributed by atoms with van der Waals surface area (Å²) in [7, 11) is 1.51. The van der Waals surface area contributed by atoms with Gasteiger partial charge in [0.25, 0.3) is 0 Å². The first-order chi connectivity index (χ1) is 20.7. The van der Waals surface area contributed by atoms with Crippen LogP contribution >= 0.6 is 0 Å². The predicted molar refractivity (Wildman–Crippen MR) is 176 cm³/mol. The van der Waals surface area contributed by atoms with Gasteiger partial charge in [0, 0.05) is 11.1 Å². The van der Waals surface area contributed by atoms with Crippen LogP contribution in [0.2, 0.25) is 0 Å². The minimum absolute atomic E-state index is 0.375. The summed E-state index contributed by atoms with van der Waals surface area (Å²) in [4.78, 5) is 14.5. The van der Waals surface area contributed by atoms with E-state index in [9.17, 15) is 5.11 Å². The van der Waals surface area contributed by atoms with Crippen LogP contribution in [0.4, 0.5) is 0 Å².